The average molecular weight is 546 g/mol. The first-order chi connectivity index (χ1) is 18.4. The Balaban J connectivity index is 1.99. The molecule has 1 fully saturated rings. The van der Waals surface area contributed by atoms with Crippen LogP contribution in [0.2, 0.25) is 0 Å². The minimum Gasteiger partial charge on any atom is -0.497 e. The molecule has 3 rings (SSSR count). The van der Waals surface area contributed by atoms with Crippen LogP contribution in [0.15, 0.2) is 29.5 Å². The molecule has 216 valence electrons. The van der Waals surface area contributed by atoms with Crippen LogP contribution in [0, 0.1) is 0 Å². The molecule has 2 atom stereocenters. The second kappa shape index (κ2) is 12.6. The SMILES string of the molecule is CCOC(=O)C1=C(CN2CCN(C(=O)NC(C)(C)C)[C@H](C)C2)N(CC)C(=O)N[C@@H]1c1ccc(OC)cc1OC. The average Bonchev–Trinajstić information content (AvgIpc) is 2.87. The number of amides is 4. The number of carbonyl (C=O) groups excluding carboxylic acids is 3. The van der Waals surface area contributed by atoms with Crippen molar-refractivity contribution in [1.82, 2.24) is 25.3 Å². The molecule has 2 aliphatic heterocycles. The summed E-state index contributed by atoms with van der Waals surface area (Å²) in [7, 11) is 3.10. The summed E-state index contributed by atoms with van der Waals surface area (Å²) in [6.45, 7) is 14.1. The number of ether oxygens (including phenoxy) is 3. The maximum absolute atomic E-state index is 13.5. The highest BCUT2D eigenvalue weighted by atomic mass is 16.5. The van der Waals surface area contributed by atoms with Crippen LogP contribution in [0.25, 0.3) is 0 Å². The molecule has 0 saturated carbocycles. The van der Waals surface area contributed by atoms with E-state index >= 15 is 0 Å². The Morgan fingerprint density at radius 3 is 2.41 bits per heavy atom. The smallest absolute Gasteiger partial charge is 0.338 e. The van der Waals surface area contributed by atoms with Gasteiger partial charge < -0.3 is 29.7 Å². The van der Waals surface area contributed by atoms with Crippen molar-refractivity contribution in [2.24, 2.45) is 0 Å². The lowest BCUT2D eigenvalue weighted by Crippen LogP contribution is -2.59. The van der Waals surface area contributed by atoms with E-state index in [0.29, 0.717) is 61.1 Å². The van der Waals surface area contributed by atoms with Crippen molar-refractivity contribution in [2.75, 3.05) is 53.6 Å². The monoisotopic (exact) mass is 545 g/mol. The van der Waals surface area contributed by atoms with E-state index in [9.17, 15) is 14.4 Å². The zero-order chi connectivity index (χ0) is 28.9. The van der Waals surface area contributed by atoms with Gasteiger partial charge in [0.2, 0.25) is 0 Å². The van der Waals surface area contributed by atoms with Crippen molar-refractivity contribution in [3.05, 3.63) is 35.0 Å². The van der Waals surface area contributed by atoms with Crippen LogP contribution in [0.3, 0.4) is 0 Å². The lowest BCUT2D eigenvalue weighted by Gasteiger charge is -2.43. The van der Waals surface area contributed by atoms with E-state index in [-0.39, 0.29) is 30.2 Å². The molecule has 1 aromatic carbocycles. The first kappa shape index (κ1) is 30.1. The van der Waals surface area contributed by atoms with Crippen LogP contribution in [0.1, 0.15) is 53.1 Å². The van der Waals surface area contributed by atoms with E-state index in [4.69, 9.17) is 14.2 Å². The lowest BCUT2D eigenvalue weighted by atomic mass is 9.93. The first-order valence-corrected chi connectivity index (χ1v) is 13.4. The second-order valence-electron chi connectivity index (χ2n) is 10.8. The van der Waals surface area contributed by atoms with E-state index in [1.54, 1.807) is 37.1 Å². The highest BCUT2D eigenvalue weighted by Gasteiger charge is 2.40. The minimum atomic E-state index is -0.772. The molecule has 11 nitrogen and oxygen atoms in total. The Morgan fingerprint density at radius 1 is 1.13 bits per heavy atom. The summed E-state index contributed by atoms with van der Waals surface area (Å²) in [5.74, 6) is 0.583. The predicted molar refractivity (Wildman–Crippen MR) is 148 cm³/mol. The fourth-order valence-corrected chi connectivity index (χ4v) is 5.03. The number of rotatable bonds is 8. The molecule has 0 bridgehead atoms. The molecule has 1 saturated heterocycles. The second-order valence-corrected chi connectivity index (χ2v) is 10.8. The van der Waals surface area contributed by atoms with E-state index in [1.165, 1.54) is 7.11 Å². The summed E-state index contributed by atoms with van der Waals surface area (Å²) >= 11 is 0. The van der Waals surface area contributed by atoms with Crippen molar-refractivity contribution < 1.29 is 28.6 Å². The summed E-state index contributed by atoms with van der Waals surface area (Å²) in [4.78, 5) is 45.2. The Labute approximate surface area is 231 Å². The number of hydrogen-bond donors (Lipinski definition) is 2. The Bertz CT molecular complexity index is 1100. The van der Waals surface area contributed by atoms with Crippen LogP contribution in [0.4, 0.5) is 9.59 Å². The molecule has 39 heavy (non-hydrogen) atoms. The van der Waals surface area contributed by atoms with Crippen LogP contribution < -0.4 is 20.1 Å². The van der Waals surface area contributed by atoms with Gasteiger partial charge in [0.05, 0.1) is 32.4 Å². The van der Waals surface area contributed by atoms with Gasteiger partial charge in [-0.05, 0) is 53.7 Å². The zero-order valence-corrected chi connectivity index (χ0v) is 24.4. The standard InChI is InChI=1S/C28H43N5O6/c1-9-32-21(17-31-13-14-33(18(3)16-31)27(36)30-28(4,5)6)23(25(34)39-10-2)24(29-26(32)35)20-12-11-19(37-7)15-22(20)38-8/h11-12,15,18,24H,9-10,13-14,16-17H2,1-8H3,(H,29,35)(H,30,36)/t18-,24-/m1/s1. The zero-order valence-electron chi connectivity index (χ0n) is 24.4. The summed E-state index contributed by atoms with van der Waals surface area (Å²) in [6, 6.07) is 4.04. The number of piperazine rings is 1. The molecule has 0 spiro atoms. The summed E-state index contributed by atoms with van der Waals surface area (Å²) < 4.78 is 16.4. The maximum Gasteiger partial charge on any atom is 0.338 e. The molecule has 2 heterocycles. The van der Waals surface area contributed by atoms with Crippen molar-refractivity contribution in [1.29, 1.82) is 0 Å². The van der Waals surface area contributed by atoms with Gasteiger partial charge in [-0.3, -0.25) is 9.80 Å². The van der Waals surface area contributed by atoms with Gasteiger partial charge in [0.1, 0.15) is 11.5 Å². The highest BCUT2D eigenvalue weighted by Crippen LogP contribution is 2.38. The Hall–Kier alpha value is -3.47. The molecule has 11 heteroatoms. The van der Waals surface area contributed by atoms with Crippen LogP contribution >= 0.6 is 0 Å². The first-order valence-electron chi connectivity index (χ1n) is 13.4. The van der Waals surface area contributed by atoms with Crippen molar-refractivity contribution >= 4 is 18.0 Å². The topological polar surface area (TPSA) is 113 Å². The molecule has 0 aliphatic carbocycles. The molecular weight excluding hydrogens is 502 g/mol. The summed E-state index contributed by atoms with van der Waals surface area (Å²) in [6.07, 6.45) is 0. The van der Waals surface area contributed by atoms with Crippen LogP contribution in [-0.4, -0.2) is 97.9 Å². The Morgan fingerprint density at radius 2 is 1.85 bits per heavy atom. The number of nitrogens with zero attached hydrogens (tertiary/aromatic N) is 3. The van der Waals surface area contributed by atoms with Gasteiger partial charge in [0.15, 0.2) is 0 Å². The van der Waals surface area contributed by atoms with Gasteiger partial charge in [-0.2, -0.15) is 0 Å². The number of hydrogen-bond acceptors (Lipinski definition) is 7. The third-order valence-electron chi connectivity index (χ3n) is 6.83. The summed E-state index contributed by atoms with van der Waals surface area (Å²) in [5, 5.41) is 6.02. The molecule has 2 aliphatic rings. The largest absolute Gasteiger partial charge is 0.497 e. The number of methoxy groups -OCH3 is 2. The number of benzene rings is 1. The van der Waals surface area contributed by atoms with E-state index < -0.39 is 12.0 Å². The number of esters is 1. The molecule has 2 N–H and O–H groups in total. The van der Waals surface area contributed by atoms with Crippen LogP contribution in [0.5, 0.6) is 11.5 Å². The quantitative estimate of drug-likeness (QED) is 0.483. The van der Waals surface area contributed by atoms with Gasteiger partial charge in [0, 0.05) is 61.6 Å². The normalized spacial score (nSPS) is 20.5. The third kappa shape index (κ3) is 6.95. The Kier molecular flexibility index (Phi) is 9.71. The van der Waals surface area contributed by atoms with E-state index in [1.807, 2.05) is 39.5 Å². The van der Waals surface area contributed by atoms with Gasteiger partial charge in [0.25, 0.3) is 0 Å². The fraction of sp³-hybridized carbons (Fsp3) is 0.607. The molecule has 0 radical (unpaired) electrons. The predicted octanol–water partition coefficient (Wildman–Crippen LogP) is 3.12. The van der Waals surface area contributed by atoms with Crippen molar-refractivity contribution in [3.8, 4) is 11.5 Å². The molecule has 1 aromatic rings. The van der Waals surface area contributed by atoms with E-state index in [2.05, 4.69) is 15.5 Å². The number of urea groups is 2. The number of nitrogens with one attached hydrogen (secondary N) is 2. The van der Waals surface area contributed by atoms with E-state index in [0.717, 1.165) is 0 Å². The van der Waals surface area contributed by atoms with Gasteiger partial charge in [-0.1, -0.05) is 0 Å². The summed E-state index contributed by atoms with van der Waals surface area (Å²) in [5.41, 5.74) is 1.24. The molecule has 4 amide bonds. The van der Waals surface area contributed by atoms with Gasteiger partial charge in [-0.25, -0.2) is 14.4 Å². The van der Waals surface area contributed by atoms with Crippen molar-refractivity contribution in [3.63, 3.8) is 0 Å². The highest BCUT2D eigenvalue weighted by molar-refractivity contribution is 5.95. The minimum absolute atomic E-state index is 0.0577. The van der Waals surface area contributed by atoms with Gasteiger partial charge in [-0.15, -0.1) is 0 Å². The molecular formula is C28H43N5O6. The van der Waals surface area contributed by atoms with Crippen molar-refractivity contribution in [2.45, 2.75) is 59.2 Å². The maximum atomic E-state index is 13.5. The number of carbonyl (C=O) groups is 3. The van der Waals surface area contributed by atoms with Crippen LogP contribution in [-0.2, 0) is 9.53 Å². The van der Waals surface area contributed by atoms with Gasteiger partial charge >= 0.3 is 18.0 Å². The fourth-order valence-electron chi connectivity index (χ4n) is 5.03. The third-order valence-corrected chi connectivity index (χ3v) is 6.83. The number of likely N-dealkylation sites (N-methyl/N-ethyl adjacent to an activating group) is 1. The lowest BCUT2D eigenvalue weighted by molar-refractivity contribution is -0.139. The molecule has 0 aromatic heterocycles. The molecule has 0 unspecified atom stereocenters.